The molecule has 0 radical (unpaired) electrons. The largest absolute Gasteiger partial charge is 0.260 e. The number of nitrogens with one attached hydrogen (secondary N) is 1. The highest BCUT2D eigenvalue weighted by atomic mass is 127. The molecule has 90 valence electrons. The Labute approximate surface area is 125 Å². The molecule has 0 aliphatic rings. The van der Waals surface area contributed by atoms with Crippen molar-refractivity contribution in [2.45, 2.75) is 0 Å². The van der Waals surface area contributed by atoms with Gasteiger partial charge in [-0.3, -0.25) is 5.43 Å². The topological polar surface area (TPSA) is 50.2 Å². The SMILES string of the molecule is Ic1cc2ncnc(NN=Cc3cccs3)c2s1. The second kappa shape index (κ2) is 5.29. The van der Waals surface area contributed by atoms with Crippen LogP contribution >= 0.6 is 45.3 Å². The second-order valence-electron chi connectivity index (χ2n) is 3.37. The van der Waals surface area contributed by atoms with Crippen LogP contribution in [-0.2, 0) is 0 Å². The Hall–Kier alpha value is -1.06. The molecule has 0 saturated carbocycles. The van der Waals surface area contributed by atoms with Crippen LogP contribution in [0.2, 0.25) is 0 Å². The van der Waals surface area contributed by atoms with Gasteiger partial charge < -0.3 is 0 Å². The average molecular weight is 386 g/mol. The number of hydrogen-bond donors (Lipinski definition) is 1. The van der Waals surface area contributed by atoms with E-state index in [1.54, 1.807) is 35.2 Å². The van der Waals surface area contributed by atoms with Crippen LogP contribution in [0.4, 0.5) is 5.82 Å². The first-order valence-electron chi connectivity index (χ1n) is 5.05. The molecule has 0 unspecified atom stereocenters. The number of hydrogen-bond acceptors (Lipinski definition) is 6. The molecule has 1 N–H and O–H groups in total. The minimum Gasteiger partial charge on any atom is -0.260 e. The van der Waals surface area contributed by atoms with Crippen molar-refractivity contribution < 1.29 is 0 Å². The van der Waals surface area contributed by atoms with Gasteiger partial charge >= 0.3 is 0 Å². The van der Waals surface area contributed by atoms with E-state index in [0.29, 0.717) is 0 Å². The molecular formula is C11H7IN4S2. The molecule has 0 fully saturated rings. The maximum Gasteiger partial charge on any atom is 0.167 e. The van der Waals surface area contributed by atoms with Gasteiger partial charge in [0.1, 0.15) is 6.33 Å². The lowest BCUT2D eigenvalue weighted by Crippen LogP contribution is -1.93. The molecule has 3 aromatic rings. The van der Waals surface area contributed by atoms with E-state index in [1.807, 2.05) is 23.6 Å². The van der Waals surface area contributed by atoms with Crippen LogP contribution < -0.4 is 5.43 Å². The van der Waals surface area contributed by atoms with Gasteiger partial charge in [-0.25, -0.2) is 9.97 Å². The number of thiophene rings is 2. The summed E-state index contributed by atoms with van der Waals surface area (Å²) in [6.45, 7) is 0. The summed E-state index contributed by atoms with van der Waals surface area (Å²) in [7, 11) is 0. The Morgan fingerprint density at radius 3 is 3.17 bits per heavy atom. The van der Waals surface area contributed by atoms with Gasteiger partial charge in [-0.2, -0.15) is 5.10 Å². The van der Waals surface area contributed by atoms with E-state index in [0.717, 1.165) is 20.9 Å². The van der Waals surface area contributed by atoms with Crippen molar-refractivity contribution in [3.05, 3.63) is 37.7 Å². The minimum absolute atomic E-state index is 0.751. The molecule has 3 heterocycles. The van der Waals surface area contributed by atoms with Crippen LogP contribution in [0.3, 0.4) is 0 Å². The fraction of sp³-hybridized carbons (Fsp3) is 0. The highest BCUT2D eigenvalue weighted by Crippen LogP contribution is 2.29. The molecule has 0 aromatic carbocycles. The number of rotatable bonds is 3. The maximum atomic E-state index is 4.23. The van der Waals surface area contributed by atoms with Crippen LogP contribution in [0.15, 0.2) is 35.0 Å². The Morgan fingerprint density at radius 1 is 1.39 bits per heavy atom. The molecule has 0 aliphatic carbocycles. The lowest BCUT2D eigenvalue weighted by atomic mass is 10.4. The monoisotopic (exact) mass is 386 g/mol. The molecule has 3 rings (SSSR count). The Kier molecular flexibility index (Phi) is 3.52. The molecule has 3 aromatic heterocycles. The molecule has 0 aliphatic heterocycles. The van der Waals surface area contributed by atoms with Gasteiger partial charge in [0, 0.05) is 4.88 Å². The van der Waals surface area contributed by atoms with Gasteiger partial charge in [-0.15, -0.1) is 22.7 Å². The molecule has 0 amide bonds. The summed E-state index contributed by atoms with van der Waals surface area (Å²) < 4.78 is 2.22. The molecule has 0 bridgehead atoms. The summed E-state index contributed by atoms with van der Waals surface area (Å²) >= 11 is 5.58. The highest BCUT2D eigenvalue weighted by molar-refractivity contribution is 14.1. The predicted octanol–water partition coefficient (Wildman–Crippen LogP) is 3.80. The zero-order valence-electron chi connectivity index (χ0n) is 9.00. The number of fused-ring (bicyclic) bond motifs is 1. The van der Waals surface area contributed by atoms with E-state index in [1.165, 1.54) is 2.88 Å². The zero-order chi connectivity index (χ0) is 12.4. The summed E-state index contributed by atoms with van der Waals surface area (Å²) in [5.41, 5.74) is 3.92. The minimum atomic E-state index is 0.751. The van der Waals surface area contributed by atoms with E-state index in [4.69, 9.17) is 0 Å². The van der Waals surface area contributed by atoms with Crippen molar-refractivity contribution >= 4 is 67.5 Å². The lowest BCUT2D eigenvalue weighted by molar-refractivity contribution is 1.19. The Balaban J connectivity index is 1.86. The Bertz CT molecular complexity index is 690. The third-order valence-electron chi connectivity index (χ3n) is 2.19. The van der Waals surface area contributed by atoms with Crippen LogP contribution in [0.25, 0.3) is 10.2 Å². The number of aromatic nitrogens is 2. The van der Waals surface area contributed by atoms with Crippen molar-refractivity contribution in [2.75, 3.05) is 5.43 Å². The summed E-state index contributed by atoms with van der Waals surface area (Å²) in [4.78, 5) is 9.54. The standard InChI is InChI=1S/C11H7IN4S2/c12-9-4-8-10(18-9)11(14-6-13-8)16-15-5-7-2-1-3-17-7/h1-6H,(H,13,14,16). The van der Waals surface area contributed by atoms with Crippen LogP contribution in [0, 0.1) is 2.88 Å². The summed E-state index contributed by atoms with van der Waals surface area (Å²) in [5.74, 6) is 0.751. The number of anilines is 1. The van der Waals surface area contributed by atoms with Gasteiger partial charge in [0.15, 0.2) is 5.82 Å². The van der Waals surface area contributed by atoms with Gasteiger partial charge in [-0.05, 0) is 40.1 Å². The molecule has 0 spiro atoms. The third-order valence-corrected chi connectivity index (χ3v) is 4.88. The van der Waals surface area contributed by atoms with E-state index in [-0.39, 0.29) is 0 Å². The molecule has 18 heavy (non-hydrogen) atoms. The third kappa shape index (κ3) is 2.52. The van der Waals surface area contributed by atoms with Gasteiger partial charge in [-0.1, -0.05) is 6.07 Å². The fourth-order valence-corrected chi connectivity index (χ4v) is 3.74. The predicted molar refractivity (Wildman–Crippen MR) is 85.7 cm³/mol. The van der Waals surface area contributed by atoms with Gasteiger partial charge in [0.2, 0.25) is 0 Å². The van der Waals surface area contributed by atoms with Gasteiger partial charge in [0.25, 0.3) is 0 Å². The first-order chi connectivity index (χ1) is 8.83. The first-order valence-corrected chi connectivity index (χ1v) is 7.83. The van der Waals surface area contributed by atoms with Crippen molar-refractivity contribution in [3.63, 3.8) is 0 Å². The molecule has 0 atom stereocenters. The summed E-state index contributed by atoms with van der Waals surface area (Å²) in [6, 6.07) is 6.05. The van der Waals surface area contributed by atoms with Crippen LogP contribution in [-0.4, -0.2) is 16.2 Å². The quantitative estimate of drug-likeness (QED) is 0.423. The zero-order valence-corrected chi connectivity index (χ0v) is 12.8. The average Bonchev–Trinajstić information content (AvgIpc) is 2.97. The van der Waals surface area contributed by atoms with Gasteiger partial charge in [0.05, 0.1) is 19.3 Å². The van der Waals surface area contributed by atoms with Crippen molar-refractivity contribution in [1.29, 1.82) is 0 Å². The summed E-state index contributed by atoms with van der Waals surface area (Å²) in [6.07, 6.45) is 3.34. The van der Waals surface area contributed by atoms with Crippen molar-refractivity contribution in [3.8, 4) is 0 Å². The molecule has 0 saturated heterocycles. The second-order valence-corrected chi connectivity index (χ2v) is 7.30. The molecule has 4 nitrogen and oxygen atoms in total. The number of hydrazone groups is 1. The van der Waals surface area contributed by atoms with E-state index >= 15 is 0 Å². The fourth-order valence-electron chi connectivity index (χ4n) is 1.43. The maximum absolute atomic E-state index is 4.23. The van der Waals surface area contributed by atoms with E-state index in [9.17, 15) is 0 Å². The number of halogens is 1. The normalized spacial score (nSPS) is 11.4. The molecule has 7 heteroatoms. The Morgan fingerprint density at radius 2 is 2.33 bits per heavy atom. The lowest BCUT2D eigenvalue weighted by Gasteiger charge is -1.98. The van der Waals surface area contributed by atoms with E-state index < -0.39 is 0 Å². The van der Waals surface area contributed by atoms with Crippen molar-refractivity contribution in [1.82, 2.24) is 9.97 Å². The van der Waals surface area contributed by atoms with Crippen LogP contribution in [0.1, 0.15) is 4.88 Å². The smallest absolute Gasteiger partial charge is 0.167 e. The summed E-state index contributed by atoms with van der Waals surface area (Å²) in [5, 5.41) is 6.21. The first kappa shape index (κ1) is 12.0. The highest BCUT2D eigenvalue weighted by Gasteiger charge is 2.06. The van der Waals surface area contributed by atoms with Crippen molar-refractivity contribution in [2.24, 2.45) is 5.10 Å². The number of nitrogens with zero attached hydrogens (tertiary/aromatic N) is 3. The van der Waals surface area contributed by atoms with Crippen LogP contribution in [0.5, 0.6) is 0 Å². The van der Waals surface area contributed by atoms with E-state index in [2.05, 4.69) is 43.1 Å². The molecular weight excluding hydrogens is 379 g/mol.